The SMILES string of the molecule is CC1(C)c2ccccc2-c2cc(-c3cc(-c4ccccc4)nc(-c4ccc(-c5ccc6c(c5)nc(-c5ccccc5)c5c6ccc6ccc(-c7ccccc7)nc65)cc4)n3)ccc21. The van der Waals surface area contributed by atoms with Crippen molar-refractivity contribution in [3.05, 3.63) is 217 Å². The molecule has 12 rings (SSSR count). The standard InChI is InChI=1S/C59H40N4/c1-59(2)49-21-13-12-20-45(49)48-34-44(28-32-50(48)59)53-36-52(39-16-8-4-9-17-39)62-58(63-53)42-24-22-37(23-25-42)43-27-30-46-47-31-26-41-29-33-51(38-14-6-3-7-15-38)60-57(41)55(47)56(61-54(46)35-43)40-18-10-5-11-19-40/h3-36H,1-2H3. The summed E-state index contributed by atoms with van der Waals surface area (Å²) in [5.41, 5.74) is 18.2. The summed E-state index contributed by atoms with van der Waals surface area (Å²) in [5.74, 6) is 0.689. The van der Waals surface area contributed by atoms with E-state index >= 15 is 0 Å². The molecule has 4 heteroatoms. The van der Waals surface area contributed by atoms with Gasteiger partial charge in [-0.25, -0.2) is 19.9 Å². The van der Waals surface area contributed by atoms with Gasteiger partial charge in [0.05, 0.1) is 33.8 Å². The molecule has 0 unspecified atom stereocenters. The lowest BCUT2D eigenvalue weighted by atomic mass is 9.82. The van der Waals surface area contributed by atoms with Gasteiger partial charge in [0.25, 0.3) is 0 Å². The second kappa shape index (κ2) is 14.5. The van der Waals surface area contributed by atoms with Crippen LogP contribution in [0, 0.1) is 0 Å². The van der Waals surface area contributed by atoms with Crippen LogP contribution in [0.2, 0.25) is 0 Å². The molecule has 0 amide bonds. The van der Waals surface area contributed by atoms with Gasteiger partial charge in [-0.3, -0.25) is 0 Å². The molecule has 8 aromatic carbocycles. The largest absolute Gasteiger partial charge is 0.247 e. The molecule has 0 radical (unpaired) electrons. The van der Waals surface area contributed by atoms with E-state index in [0.717, 1.165) is 94.3 Å². The zero-order valence-electron chi connectivity index (χ0n) is 34.9. The van der Waals surface area contributed by atoms with Crippen molar-refractivity contribution in [2.24, 2.45) is 0 Å². The summed E-state index contributed by atoms with van der Waals surface area (Å²) in [6.45, 7) is 4.63. The highest BCUT2D eigenvalue weighted by Crippen LogP contribution is 2.49. The Kier molecular flexibility index (Phi) is 8.48. The number of hydrogen-bond donors (Lipinski definition) is 0. The van der Waals surface area contributed by atoms with E-state index in [1.54, 1.807) is 0 Å². The van der Waals surface area contributed by atoms with Crippen molar-refractivity contribution < 1.29 is 0 Å². The summed E-state index contributed by atoms with van der Waals surface area (Å²) in [5, 5.41) is 4.38. The zero-order chi connectivity index (χ0) is 42.1. The van der Waals surface area contributed by atoms with E-state index < -0.39 is 0 Å². The minimum Gasteiger partial charge on any atom is -0.247 e. The Balaban J connectivity index is 0.954. The summed E-state index contributed by atoms with van der Waals surface area (Å²) in [6, 6.07) is 72.9. The second-order valence-corrected chi connectivity index (χ2v) is 17.0. The lowest BCUT2D eigenvalue weighted by Crippen LogP contribution is -2.14. The van der Waals surface area contributed by atoms with Gasteiger partial charge in [-0.05, 0) is 63.0 Å². The molecule has 3 heterocycles. The molecule has 11 aromatic rings. The molecule has 1 aliphatic carbocycles. The molecule has 0 aliphatic heterocycles. The van der Waals surface area contributed by atoms with Gasteiger partial charge in [0.15, 0.2) is 5.82 Å². The highest BCUT2D eigenvalue weighted by atomic mass is 14.9. The van der Waals surface area contributed by atoms with Gasteiger partial charge in [0, 0.05) is 49.4 Å². The topological polar surface area (TPSA) is 51.6 Å². The van der Waals surface area contributed by atoms with Crippen LogP contribution in [-0.2, 0) is 5.41 Å². The average molecular weight is 805 g/mol. The molecule has 63 heavy (non-hydrogen) atoms. The first kappa shape index (κ1) is 36.7. The van der Waals surface area contributed by atoms with E-state index in [-0.39, 0.29) is 5.41 Å². The van der Waals surface area contributed by atoms with Crippen molar-refractivity contribution in [1.29, 1.82) is 0 Å². The Hall–Kier alpha value is -8.08. The molecule has 0 fully saturated rings. The van der Waals surface area contributed by atoms with Gasteiger partial charge in [-0.1, -0.05) is 196 Å². The number of pyridine rings is 2. The number of aromatic nitrogens is 4. The normalized spacial score (nSPS) is 12.7. The summed E-state index contributed by atoms with van der Waals surface area (Å²) in [7, 11) is 0. The number of rotatable bonds is 6. The highest BCUT2D eigenvalue weighted by Gasteiger charge is 2.35. The van der Waals surface area contributed by atoms with E-state index in [1.165, 1.54) is 22.3 Å². The van der Waals surface area contributed by atoms with Crippen LogP contribution in [-0.4, -0.2) is 19.9 Å². The average Bonchev–Trinajstić information content (AvgIpc) is 3.59. The number of benzene rings is 8. The third-order valence-corrected chi connectivity index (χ3v) is 12.9. The van der Waals surface area contributed by atoms with E-state index in [9.17, 15) is 0 Å². The Morgan fingerprint density at radius 3 is 1.67 bits per heavy atom. The van der Waals surface area contributed by atoms with Crippen LogP contribution in [0.5, 0.6) is 0 Å². The van der Waals surface area contributed by atoms with Crippen LogP contribution in [0.4, 0.5) is 0 Å². The molecule has 0 atom stereocenters. The van der Waals surface area contributed by atoms with E-state index in [0.29, 0.717) is 5.82 Å². The van der Waals surface area contributed by atoms with E-state index in [4.69, 9.17) is 19.9 Å². The van der Waals surface area contributed by atoms with Gasteiger partial charge in [0.1, 0.15) is 0 Å². The number of nitrogens with zero attached hydrogens (tertiary/aromatic N) is 4. The predicted molar refractivity (Wildman–Crippen MR) is 260 cm³/mol. The molecule has 3 aromatic heterocycles. The fourth-order valence-electron chi connectivity index (χ4n) is 9.61. The maximum absolute atomic E-state index is 5.44. The first-order chi connectivity index (χ1) is 31.0. The summed E-state index contributed by atoms with van der Waals surface area (Å²) < 4.78 is 0. The number of hydrogen-bond acceptors (Lipinski definition) is 4. The minimum absolute atomic E-state index is 0.0587. The summed E-state index contributed by atoms with van der Waals surface area (Å²) >= 11 is 0. The van der Waals surface area contributed by atoms with E-state index in [1.807, 2.05) is 12.1 Å². The van der Waals surface area contributed by atoms with Crippen LogP contribution in [0.15, 0.2) is 206 Å². The molecular formula is C59H40N4. The fourth-order valence-corrected chi connectivity index (χ4v) is 9.61. The molecule has 4 nitrogen and oxygen atoms in total. The molecule has 1 aliphatic rings. The lowest BCUT2D eigenvalue weighted by Gasteiger charge is -2.21. The summed E-state index contributed by atoms with van der Waals surface area (Å²) in [4.78, 5) is 21.1. The zero-order valence-corrected chi connectivity index (χ0v) is 34.9. The van der Waals surface area contributed by atoms with Gasteiger partial charge < -0.3 is 0 Å². The van der Waals surface area contributed by atoms with Crippen molar-refractivity contribution in [2.45, 2.75) is 19.3 Å². The molecule has 0 saturated heterocycles. The predicted octanol–water partition coefficient (Wildman–Crippen LogP) is 15.0. The molecule has 0 saturated carbocycles. The molecule has 0 N–H and O–H groups in total. The second-order valence-electron chi connectivity index (χ2n) is 17.0. The third kappa shape index (κ3) is 6.22. The van der Waals surface area contributed by atoms with Crippen LogP contribution >= 0.6 is 0 Å². The van der Waals surface area contributed by atoms with Crippen LogP contribution in [0.1, 0.15) is 25.0 Å². The minimum atomic E-state index is -0.0587. The maximum Gasteiger partial charge on any atom is 0.160 e. The Morgan fingerprint density at radius 1 is 0.349 bits per heavy atom. The van der Waals surface area contributed by atoms with Crippen molar-refractivity contribution in [1.82, 2.24) is 19.9 Å². The maximum atomic E-state index is 5.44. The van der Waals surface area contributed by atoms with Gasteiger partial charge in [-0.2, -0.15) is 0 Å². The van der Waals surface area contributed by atoms with Crippen LogP contribution < -0.4 is 0 Å². The van der Waals surface area contributed by atoms with Gasteiger partial charge >= 0.3 is 0 Å². The molecule has 0 spiro atoms. The van der Waals surface area contributed by atoms with Gasteiger partial charge in [-0.15, -0.1) is 0 Å². The Labute approximate surface area is 366 Å². The Bertz CT molecular complexity index is 3560. The third-order valence-electron chi connectivity index (χ3n) is 12.9. The Morgan fingerprint density at radius 2 is 0.921 bits per heavy atom. The van der Waals surface area contributed by atoms with Crippen molar-refractivity contribution in [3.63, 3.8) is 0 Å². The lowest BCUT2D eigenvalue weighted by molar-refractivity contribution is 0.660. The van der Waals surface area contributed by atoms with Gasteiger partial charge in [0.2, 0.25) is 0 Å². The molecule has 296 valence electrons. The smallest absolute Gasteiger partial charge is 0.160 e. The van der Waals surface area contributed by atoms with Crippen molar-refractivity contribution in [3.8, 4) is 78.7 Å². The van der Waals surface area contributed by atoms with Crippen LogP contribution in [0.25, 0.3) is 111 Å². The number of fused-ring (bicyclic) bond motifs is 8. The first-order valence-corrected chi connectivity index (χ1v) is 21.5. The quantitative estimate of drug-likeness (QED) is 0.157. The highest BCUT2D eigenvalue weighted by molar-refractivity contribution is 6.20. The monoisotopic (exact) mass is 804 g/mol. The summed E-state index contributed by atoms with van der Waals surface area (Å²) in [6.07, 6.45) is 0. The van der Waals surface area contributed by atoms with Crippen molar-refractivity contribution in [2.75, 3.05) is 0 Å². The molecular weight excluding hydrogens is 765 g/mol. The fraction of sp³-hybridized carbons (Fsp3) is 0.0508. The van der Waals surface area contributed by atoms with E-state index in [2.05, 4.69) is 208 Å². The van der Waals surface area contributed by atoms with Crippen molar-refractivity contribution >= 4 is 32.6 Å². The van der Waals surface area contributed by atoms with Crippen LogP contribution in [0.3, 0.4) is 0 Å². The first-order valence-electron chi connectivity index (χ1n) is 21.5. The molecule has 0 bridgehead atoms.